The lowest BCUT2D eigenvalue weighted by Crippen LogP contribution is -2.32. The van der Waals surface area contributed by atoms with Crippen LogP contribution in [0.15, 0.2) is 12.1 Å². The lowest BCUT2D eigenvalue weighted by molar-refractivity contribution is -0.132. The molecule has 4 nitrogen and oxygen atoms in total. The standard InChI is InChI=1S/C18H26N2O2S/c1-13-4-5-16(23-13)11-19-10-14-8-15(22-17(14)12-19)9-18(21)20-6-2-3-7-20/h4-5,14-15,17H,2-3,6-12H2,1H3/t14-,15-,17+/m0/s1. The molecule has 0 bridgehead atoms. The quantitative estimate of drug-likeness (QED) is 0.849. The molecule has 3 atom stereocenters. The van der Waals surface area contributed by atoms with Crippen LogP contribution in [0, 0.1) is 12.8 Å². The largest absolute Gasteiger partial charge is 0.373 e. The van der Waals surface area contributed by atoms with Crippen molar-refractivity contribution in [3.63, 3.8) is 0 Å². The van der Waals surface area contributed by atoms with Gasteiger partial charge in [-0.05, 0) is 38.3 Å². The van der Waals surface area contributed by atoms with Crippen LogP contribution in [0.4, 0.5) is 0 Å². The highest BCUT2D eigenvalue weighted by atomic mass is 32.1. The minimum Gasteiger partial charge on any atom is -0.373 e. The molecule has 0 radical (unpaired) electrons. The molecule has 3 aliphatic heterocycles. The van der Waals surface area contributed by atoms with Gasteiger partial charge in [-0.1, -0.05) is 0 Å². The maximum Gasteiger partial charge on any atom is 0.225 e. The van der Waals surface area contributed by atoms with Crippen LogP contribution in [0.1, 0.15) is 35.4 Å². The smallest absolute Gasteiger partial charge is 0.225 e. The van der Waals surface area contributed by atoms with Gasteiger partial charge < -0.3 is 9.64 Å². The first-order chi connectivity index (χ1) is 11.2. The molecule has 1 aromatic heterocycles. The van der Waals surface area contributed by atoms with Crippen LogP contribution >= 0.6 is 11.3 Å². The molecule has 3 fully saturated rings. The topological polar surface area (TPSA) is 32.8 Å². The molecule has 0 aromatic carbocycles. The van der Waals surface area contributed by atoms with Crippen LogP contribution in [0.3, 0.4) is 0 Å². The van der Waals surface area contributed by atoms with Crippen molar-refractivity contribution in [2.24, 2.45) is 5.92 Å². The van der Waals surface area contributed by atoms with Crippen LogP contribution in [0.25, 0.3) is 0 Å². The van der Waals surface area contributed by atoms with Crippen LogP contribution in [-0.4, -0.2) is 54.1 Å². The summed E-state index contributed by atoms with van der Waals surface area (Å²) in [6.07, 6.45) is 4.48. The van der Waals surface area contributed by atoms with Crippen molar-refractivity contribution in [1.29, 1.82) is 0 Å². The van der Waals surface area contributed by atoms with Crippen LogP contribution in [0.5, 0.6) is 0 Å². The summed E-state index contributed by atoms with van der Waals surface area (Å²) >= 11 is 1.89. The number of likely N-dealkylation sites (tertiary alicyclic amines) is 2. The number of hydrogen-bond donors (Lipinski definition) is 0. The van der Waals surface area contributed by atoms with E-state index in [-0.39, 0.29) is 6.10 Å². The molecule has 4 rings (SSSR count). The highest BCUT2D eigenvalue weighted by Crippen LogP contribution is 2.35. The van der Waals surface area contributed by atoms with Gasteiger partial charge in [-0.25, -0.2) is 0 Å². The van der Waals surface area contributed by atoms with Gasteiger partial charge in [0.25, 0.3) is 0 Å². The first kappa shape index (κ1) is 15.6. The highest BCUT2D eigenvalue weighted by molar-refractivity contribution is 7.11. The van der Waals surface area contributed by atoms with Gasteiger partial charge in [0.1, 0.15) is 0 Å². The van der Waals surface area contributed by atoms with Crippen molar-refractivity contribution in [3.8, 4) is 0 Å². The van der Waals surface area contributed by atoms with Gasteiger partial charge in [-0.3, -0.25) is 9.69 Å². The third kappa shape index (κ3) is 3.47. The van der Waals surface area contributed by atoms with Gasteiger partial charge in [0, 0.05) is 48.4 Å². The van der Waals surface area contributed by atoms with Gasteiger partial charge in [-0.2, -0.15) is 0 Å². The zero-order valence-corrected chi connectivity index (χ0v) is 14.7. The molecule has 126 valence electrons. The Morgan fingerprint density at radius 1 is 1.30 bits per heavy atom. The average Bonchev–Trinajstić information content (AvgIpc) is 3.23. The van der Waals surface area contributed by atoms with Crippen molar-refractivity contribution in [2.75, 3.05) is 26.2 Å². The van der Waals surface area contributed by atoms with E-state index in [0.717, 1.165) is 39.1 Å². The molecule has 3 aliphatic rings. The molecular formula is C18H26N2O2S. The lowest BCUT2D eigenvalue weighted by atomic mass is 10.0. The molecule has 0 N–H and O–H groups in total. The number of ether oxygens (including phenoxy) is 1. The number of amides is 1. The molecule has 1 aromatic rings. The number of nitrogens with zero attached hydrogens (tertiary/aromatic N) is 2. The molecule has 4 heterocycles. The number of rotatable bonds is 4. The van der Waals surface area contributed by atoms with E-state index < -0.39 is 0 Å². The molecule has 0 saturated carbocycles. The predicted octanol–water partition coefficient (Wildman–Crippen LogP) is 2.66. The number of thiophene rings is 1. The van der Waals surface area contributed by atoms with Gasteiger partial charge in [0.15, 0.2) is 0 Å². The maximum atomic E-state index is 12.3. The minimum absolute atomic E-state index is 0.157. The summed E-state index contributed by atoms with van der Waals surface area (Å²) in [5, 5.41) is 0. The van der Waals surface area contributed by atoms with E-state index in [0.29, 0.717) is 24.3 Å². The third-order valence-corrected chi connectivity index (χ3v) is 6.41. The number of carbonyl (C=O) groups is 1. The highest BCUT2D eigenvalue weighted by Gasteiger charge is 2.42. The minimum atomic E-state index is 0.157. The fraction of sp³-hybridized carbons (Fsp3) is 0.722. The summed E-state index contributed by atoms with van der Waals surface area (Å²) < 4.78 is 6.20. The number of aryl methyl sites for hydroxylation is 1. The SMILES string of the molecule is Cc1ccc(CN2C[C@@H]3C[C@@H](CC(=O)N4CCCC4)O[C@@H]3C2)s1. The second-order valence-electron chi connectivity index (χ2n) is 7.29. The Morgan fingerprint density at radius 3 is 2.83 bits per heavy atom. The summed E-state index contributed by atoms with van der Waals surface area (Å²) in [5.74, 6) is 0.922. The fourth-order valence-corrected chi connectivity index (χ4v) is 5.22. The van der Waals surface area contributed by atoms with Crippen molar-refractivity contribution >= 4 is 17.2 Å². The molecule has 3 saturated heterocycles. The van der Waals surface area contributed by atoms with Gasteiger partial charge in [0.2, 0.25) is 5.91 Å². The van der Waals surface area contributed by atoms with Gasteiger partial charge in [-0.15, -0.1) is 11.3 Å². The number of fused-ring (bicyclic) bond motifs is 1. The molecule has 0 spiro atoms. The summed E-state index contributed by atoms with van der Waals surface area (Å²) in [5.41, 5.74) is 0. The van der Waals surface area contributed by atoms with E-state index in [4.69, 9.17) is 4.74 Å². The lowest BCUT2D eigenvalue weighted by Gasteiger charge is -2.20. The van der Waals surface area contributed by atoms with E-state index in [1.54, 1.807) is 0 Å². The average molecular weight is 334 g/mol. The second kappa shape index (κ2) is 6.54. The zero-order chi connectivity index (χ0) is 15.8. The predicted molar refractivity (Wildman–Crippen MR) is 91.5 cm³/mol. The Hall–Kier alpha value is -0.910. The van der Waals surface area contributed by atoms with Gasteiger partial charge >= 0.3 is 0 Å². The van der Waals surface area contributed by atoms with Crippen molar-refractivity contribution in [3.05, 3.63) is 21.9 Å². The summed E-state index contributed by atoms with van der Waals surface area (Å²) in [6.45, 7) is 7.26. The Bertz CT molecular complexity index is 553. The van der Waals surface area contributed by atoms with E-state index in [1.165, 1.54) is 22.6 Å². The summed E-state index contributed by atoms with van der Waals surface area (Å²) in [7, 11) is 0. The Balaban J connectivity index is 1.25. The maximum absolute atomic E-state index is 12.3. The molecule has 0 unspecified atom stereocenters. The number of carbonyl (C=O) groups excluding carboxylic acids is 1. The monoisotopic (exact) mass is 334 g/mol. The Morgan fingerprint density at radius 2 is 2.13 bits per heavy atom. The fourth-order valence-electron chi connectivity index (χ4n) is 4.29. The van der Waals surface area contributed by atoms with Crippen LogP contribution in [0.2, 0.25) is 0 Å². The zero-order valence-electron chi connectivity index (χ0n) is 13.9. The normalized spacial score (nSPS) is 31.0. The summed E-state index contributed by atoms with van der Waals surface area (Å²) in [6, 6.07) is 4.44. The second-order valence-corrected chi connectivity index (χ2v) is 8.66. The van der Waals surface area contributed by atoms with Crippen molar-refractivity contribution < 1.29 is 9.53 Å². The molecule has 23 heavy (non-hydrogen) atoms. The van der Waals surface area contributed by atoms with E-state index >= 15 is 0 Å². The first-order valence-corrected chi connectivity index (χ1v) is 9.70. The number of hydrogen-bond acceptors (Lipinski definition) is 4. The van der Waals surface area contributed by atoms with E-state index in [1.807, 2.05) is 16.2 Å². The first-order valence-electron chi connectivity index (χ1n) is 8.88. The van der Waals surface area contributed by atoms with Crippen molar-refractivity contribution in [2.45, 2.75) is 51.4 Å². The molecule has 1 amide bonds. The Labute approximate surface area is 142 Å². The molecule has 5 heteroatoms. The summed E-state index contributed by atoms with van der Waals surface area (Å²) in [4.78, 5) is 19.6. The van der Waals surface area contributed by atoms with E-state index in [9.17, 15) is 4.79 Å². The van der Waals surface area contributed by atoms with Crippen LogP contribution < -0.4 is 0 Å². The Kier molecular flexibility index (Phi) is 4.43. The van der Waals surface area contributed by atoms with Crippen molar-refractivity contribution in [1.82, 2.24) is 9.80 Å². The third-order valence-electron chi connectivity index (χ3n) is 5.43. The van der Waals surface area contributed by atoms with Crippen LogP contribution in [-0.2, 0) is 16.1 Å². The molecule has 0 aliphatic carbocycles. The van der Waals surface area contributed by atoms with Gasteiger partial charge in [0.05, 0.1) is 18.6 Å². The molecular weight excluding hydrogens is 308 g/mol. The van der Waals surface area contributed by atoms with E-state index in [2.05, 4.69) is 24.0 Å².